The van der Waals surface area contributed by atoms with Crippen molar-refractivity contribution < 1.29 is 9.90 Å². The van der Waals surface area contributed by atoms with Crippen LogP contribution in [0, 0.1) is 0 Å². The molecule has 0 rings (SSSR count). The Kier molecular flexibility index (Phi) is 16.7. The van der Waals surface area contributed by atoms with Gasteiger partial charge >= 0.3 is 5.97 Å². The molecule has 0 atom stereocenters. The van der Waals surface area contributed by atoms with E-state index in [9.17, 15) is 4.79 Å². The quantitative estimate of drug-likeness (QED) is 0.279. The molecule has 22 heavy (non-hydrogen) atoms. The van der Waals surface area contributed by atoms with Crippen LogP contribution in [0.5, 0.6) is 0 Å². The van der Waals surface area contributed by atoms with Crippen molar-refractivity contribution in [2.24, 2.45) is 0 Å². The lowest BCUT2D eigenvalue weighted by Gasteiger charge is -1.96. The highest BCUT2D eigenvalue weighted by Gasteiger charge is 1.95. The van der Waals surface area contributed by atoms with Crippen molar-refractivity contribution in [2.75, 3.05) is 0 Å². The second kappa shape index (κ2) is 17.7. The van der Waals surface area contributed by atoms with Gasteiger partial charge in [0.1, 0.15) is 0 Å². The summed E-state index contributed by atoms with van der Waals surface area (Å²) in [6, 6.07) is 0. The van der Waals surface area contributed by atoms with Crippen LogP contribution in [0.2, 0.25) is 0 Å². The van der Waals surface area contributed by atoms with Crippen LogP contribution in [0.25, 0.3) is 0 Å². The van der Waals surface area contributed by atoms with Crippen molar-refractivity contribution in [3.63, 3.8) is 0 Å². The standard InChI is InChI=1S/C20H34O2/c1-2-3-4-5-6-7-8-9-10-11-12-13-14-15-16-17-18-19-20(21)22/h6-7,9-10,12-13H,2-5,8,11,14-19H2,1H3,(H,21,22)/b7-6-,10-9+,13-12+. The summed E-state index contributed by atoms with van der Waals surface area (Å²) in [5.41, 5.74) is 0. The first-order valence-corrected chi connectivity index (χ1v) is 8.94. The molecule has 0 fully saturated rings. The highest BCUT2D eigenvalue weighted by molar-refractivity contribution is 5.66. The molecule has 0 aromatic rings. The van der Waals surface area contributed by atoms with E-state index in [0.717, 1.165) is 38.5 Å². The summed E-state index contributed by atoms with van der Waals surface area (Å²) in [4.78, 5) is 10.3. The van der Waals surface area contributed by atoms with Gasteiger partial charge in [0.2, 0.25) is 0 Å². The SMILES string of the molecule is CCCCC/C=C\C/C=C/C/C=C/CCCCCCC(=O)O. The van der Waals surface area contributed by atoms with E-state index in [4.69, 9.17) is 5.11 Å². The minimum absolute atomic E-state index is 0.313. The summed E-state index contributed by atoms with van der Waals surface area (Å²) >= 11 is 0. The Labute approximate surface area is 137 Å². The highest BCUT2D eigenvalue weighted by atomic mass is 16.4. The topological polar surface area (TPSA) is 37.3 Å². The maximum atomic E-state index is 10.3. The molecule has 1 N–H and O–H groups in total. The second-order valence-corrected chi connectivity index (χ2v) is 5.73. The Bertz CT molecular complexity index is 327. The average Bonchev–Trinajstić information content (AvgIpc) is 2.50. The molecule has 0 saturated carbocycles. The largest absolute Gasteiger partial charge is 0.481 e. The molecular formula is C20H34O2. The minimum Gasteiger partial charge on any atom is -0.481 e. The van der Waals surface area contributed by atoms with Crippen LogP contribution in [0.1, 0.15) is 84.0 Å². The van der Waals surface area contributed by atoms with Gasteiger partial charge in [-0.1, -0.05) is 69.1 Å². The number of carboxylic acids is 1. The van der Waals surface area contributed by atoms with Gasteiger partial charge in [0.15, 0.2) is 0 Å². The van der Waals surface area contributed by atoms with Gasteiger partial charge in [0, 0.05) is 6.42 Å². The van der Waals surface area contributed by atoms with Crippen LogP contribution in [-0.2, 0) is 4.79 Å². The third-order valence-electron chi connectivity index (χ3n) is 3.53. The van der Waals surface area contributed by atoms with Crippen molar-refractivity contribution in [1.82, 2.24) is 0 Å². The molecule has 0 aromatic heterocycles. The number of unbranched alkanes of at least 4 members (excludes halogenated alkanes) is 7. The van der Waals surface area contributed by atoms with Gasteiger partial charge in [-0.2, -0.15) is 0 Å². The molecular weight excluding hydrogens is 272 g/mol. The van der Waals surface area contributed by atoms with Crippen molar-refractivity contribution in [2.45, 2.75) is 84.0 Å². The lowest BCUT2D eigenvalue weighted by atomic mass is 10.1. The smallest absolute Gasteiger partial charge is 0.303 e. The average molecular weight is 306 g/mol. The van der Waals surface area contributed by atoms with Crippen LogP contribution < -0.4 is 0 Å². The molecule has 0 amide bonds. The first kappa shape index (κ1) is 20.7. The van der Waals surface area contributed by atoms with Gasteiger partial charge in [-0.3, -0.25) is 4.79 Å². The Morgan fingerprint density at radius 1 is 0.727 bits per heavy atom. The molecule has 0 aliphatic carbocycles. The number of rotatable bonds is 15. The molecule has 2 heteroatoms. The summed E-state index contributed by atoms with van der Waals surface area (Å²) in [6.07, 6.45) is 26.3. The predicted octanol–water partition coefficient (Wildman–Crippen LogP) is 6.44. The first-order chi connectivity index (χ1) is 10.8. The van der Waals surface area contributed by atoms with Crippen molar-refractivity contribution >= 4 is 5.97 Å². The summed E-state index contributed by atoms with van der Waals surface area (Å²) in [5.74, 6) is -0.678. The van der Waals surface area contributed by atoms with Crippen LogP contribution in [0.3, 0.4) is 0 Å². The van der Waals surface area contributed by atoms with Crippen molar-refractivity contribution in [3.05, 3.63) is 36.5 Å². The third-order valence-corrected chi connectivity index (χ3v) is 3.53. The summed E-state index contributed by atoms with van der Waals surface area (Å²) < 4.78 is 0. The van der Waals surface area contributed by atoms with Crippen molar-refractivity contribution in [1.29, 1.82) is 0 Å². The summed E-state index contributed by atoms with van der Waals surface area (Å²) in [5, 5.41) is 8.52. The van der Waals surface area contributed by atoms with Crippen LogP contribution in [-0.4, -0.2) is 11.1 Å². The molecule has 0 aliphatic rings. The third kappa shape index (κ3) is 18.7. The fraction of sp³-hybridized carbons (Fsp3) is 0.650. The van der Waals surface area contributed by atoms with Gasteiger partial charge in [0.25, 0.3) is 0 Å². The van der Waals surface area contributed by atoms with Gasteiger partial charge < -0.3 is 5.11 Å². The second-order valence-electron chi connectivity index (χ2n) is 5.73. The number of hydrogen-bond acceptors (Lipinski definition) is 1. The Balaban J connectivity index is 3.29. The minimum atomic E-state index is -0.678. The van der Waals surface area contributed by atoms with E-state index in [-0.39, 0.29) is 0 Å². The molecule has 0 unspecified atom stereocenters. The van der Waals surface area contributed by atoms with Crippen LogP contribution in [0.4, 0.5) is 0 Å². The molecule has 0 heterocycles. The van der Waals surface area contributed by atoms with Gasteiger partial charge in [-0.25, -0.2) is 0 Å². The molecule has 0 bridgehead atoms. The lowest BCUT2D eigenvalue weighted by Crippen LogP contribution is -1.93. The van der Waals surface area contributed by atoms with Gasteiger partial charge in [0.05, 0.1) is 0 Å². The molecule has 0 aromatic carbocycles. The molecule has 0 saturated heterocycles. The zero-order chi connectivity index (χ0) is 16.3. The molecule has 126 valence electrons. The van der Waals surface area contributed by atoms with Crippen molar-refractivity contribution in [3.8, 4) is 0 Å². The maximum absolute atomic E-state index is 10.3. The van der Waals surface area contributed by atoms with E-state index in [2.05, 4.69) is 43.4 Å². The van der Waals surface area contributed by atoms with E-state index in [1.165, 1.54) is 32.1 Å². The van der Waals surface area contributed by atoms with Gasteiger partial charge in [-0.05, 0) is 44.9 Å². The van der Waals surface area contributed by atoms with Gasteiger partial charge in [-0.15, -0.1) is 0 Å². The summed E-state index contributed by atoms with van der Waals surface area (Å²) in [7, 11) is 0. The Hall–Kier alpha value is -1.31. The monoisotopic (exact) mass is 306 g/mol. The van der Waals surface area contributed by atoms with E-state index in [1.807, 2.05) is 0 Å². The number of carboxylic acid groups (broad SMARTS) is 1. The molecule has 2 nitrogen and oxygen atoms in total. The first-order valence-electron chi connectivity index (χ1n) is 8.94. The maximum Gasteiger partial charge on any atom is 0.303 e. The number of aliphatic carboxylic acids is 1. The number of carbonyl (C=O) groups is 1. The van der Waals surface area contributed by atoms with Crippen LogP contribution in [0.15, 0.2) is 36.5 Å². The fourth-order valence-electron chi connectivity index (χ4n) is 2.18. The fourth-order valence-corrected chi connectivity index (χ4v) is 2.18. The van der Waals surface area contributed by atoms with E-state index < -0.39 is 5.97 Å². The predicted molar refractivity (Wildman–Crippen MR) is 96.1 cm³/mol. The molecule has 0 spiro atoms. The zero-order valence-corrected chi connectivity index (χ0v) is 14.3. The molecule has 0 radical (unpaired) electrons. The Morgan fingerprint density at radius 2 is 1.23 bits per heavy atom. The van der Waals surface area contributed by atoms with E-state index >= 15 is 0 Å². The summed E-state index contributed by atoms with van der Waals surface area (Å²) in [6.45, 7) is 2.24. The normalized spacial score (nSPS) is 12.0. The zero-order valence-electron chi connectivity index (χ0n) is 14.3. The number of allylic oxidation sites excluding steroid dienone is 6. The molecule has 0 aliphatic heterocycles. The van der Waals surface area contributed by atoms with Crippen LogP contribution >= 0.6 is 0 Å². The van der Waals surface area contributed by atoms with E-state index in [0.29, 0.717) is 6.42 Å². The number of hydrogen-bond donors (Lipinski definition) is 1. The Morgan fingerprint density at radius 3 is 1.77 bits per heavy atom. The lowest BCUT2D eigenvalue weighted by molar-refractivity contribution is -0.137. The highest BCUT2D eigenvalue weighted by Crippen LogP contribution is 2.06. The van der Waals surface area contributed by atoms with E-state index in [1.54, 1.807) is 0 Å².